The monoisotopic (exact) mass is 544 g/mol. The van der Waals surface area contributed by atoms with Crippen LogP contribution in [0.1, 0.15) is 12.8 Å². The number of fused-ring (bicyclic) bond motifs is 2. The zero-order valence-electron chi connectivity index (χ0n) is 21.1. The molecule has 0 spiro atoms. The van der Waals surface area contributed by atoms with Crippen LogP contribution in [0.5, 0.6) is 11.5 Å². The Morgan fingerprint density at radius 3 is 2.55 bits per heavy atom. The highest BCUT2D eigenvalue weighted by Crippen LogP contribution is 2.39. The molecule has 6 rings (SSSR count). The van der Waals surface area contributed by atoms with Gasteiger partial charge in [-0.1, -0.05) is 0 Å². The number of aromatic nitrogens is 2. The molecular formula is C26H29FN4O6S. The Hall–Kier alpha value is -3.06. The second kappa shape index (κ2) is 10.3. The lowest BCUT2D eigenvalue weighted by molar-refractivity contribution is -0.0138. The van der Waals surface area contributed by atoms with Gasteiger partial charge in [-0.05, 0) is 31.0 Å². The molecule has 10 nitrogen and oxygen atoms in total. The van der Waals surface area contributed by atoms with Crippen molar-refractivity contribution in [3.05, 3.63) is 42.5 Å². The summed E-state index contributed by atoms with van der Waals surface area (Å²) in [5, 5.41) is 3.86. The first-order valence-electron chi connectivity index (χ1n) is 12.5. The molecule has 1 N–H and O–H groups in total. The van der Waals surface area contributed by atoms with Crippen LogP contribution in [-0.2, 0) is 23.9 Å². The van der Waals surface area contributed by atoms with Gasteiger partial charge < -0.3 is 29.0 Å². The second-order valence-corrected chi connectivity index (χ2v) is 12.1. The third-order valence-corrected chi connectivity index (χ3v) is 9.49. The maximum atomic E-state index is 14.3. The Labute approximate surface area is 220 Å². The van der Waals surface area contributed by atoms with E-state index in [9.17, 15) is 8.60 Å². The lowest BCUT2D eigenvalue weighted by atomic mass is 10.1. The lowest BCUT2D eigenvalue weighted by Crippen LogP contribution is -2.35. The van der Waals surface area contributed by atoms with E-state index in [1.165, 1.54) is 18.5 Å². The summed E-state index contributed by atoms with van der Waals surface area (Å²) in [5.74, 6) is 1.97. The first-order chi connectivity index (χ1) is 18.5. The first kappa shape index (κ1) is 25.2. The molecule has 0 saturated carbocycles. The van der Waals surface area contributed by atoms with Crippen LogP contribution in [-0.4, -0.2) is 77.5 Å². The van der Waals surface area contributed by atoms with Gasteiger partial charge in [-0.3, -0.25) is 0 Å². The fraction of sp³-hybridized carbons (Fsp3) is 0.462. The highest BCUT2D eigenvalue weighted by molar-refractivity contribution is 7.93. The van der Waals surface area contributed by atoms with Gasteiger partial charge in [0.15, 0.2) is 6.10 Å². The van der Waals surface area contributed by atoms with E-state index in [2.05, 4.69) is 19.6 Å². The van der Waals surface area contributed by atoms with Crippen molar-refractivity contribution in [2.24, 2.45) is 4.36 Å². The average Bonchev–Trinajstić information content (AvgIpc) is 3.63. The van der Waals surface area contributed by atoms with Crippen molar-refractivity contribution in [3.63, 3.8) is 0 Å². The minimum atomic E-state index is -2.26. The predicted octanol–water partition coefficient (Wildman–Crippen LogP) is 3.97. The smallest absolute Gasteiger partial charge is 0.151 e. The van der Waals surface area contributed by atoms with E-state index in [0.29, 0.717) is 64.3 Å². The number of nitrogens with one attached hydrogen (secondary N) is 1. The summed E-state index contributed by atoms with van der Waals surface area (Å²) < 4.78 is 60.8. The van der Waals surface area contributed by atoms with E-state index in [1.54, 1.807) is 32.4 Å². The summed E-state index contributed by atoms with van der Waals surface area (Å²) >= 11 is 0. The molecule has 3 aliphatic heterocycles. The van der Waals surface area contributed by atoms with E-state index < -0.39 is 21.7 Å². The van der Waals surface area contributed by atoms with E-state index in [4.69, 9.17) is 23.7 Å². The van der Waals surface area contributed by atoms with Crippen LogP contribution in [0, 0.1) is 5.82 Å². The highest BCUT2D eigenvalue weighted by atomic mass is 32.2. The molecule has 0 radical (unpaired) electrons. The summed E-state index contributed by atoms with van der Waals surface area (Å²) in [6.45, 7) is 0.709. The Morgan fingerprint density at radius 2 is 1.79 bits per heavy atom. The predicted molar refractivity (Wildman–Crippen MR) is 140 cm³/mol. The molecule has 4 atom stereocenters. The molecule has 3 aromatic rings. The van der Waals surface area contributed by atoms with Crippen molar-refractivity contribution < 1.29 is 32.3 Å². The molecular weight excluding hydrogens is 515 g/mol. The molecule has 3 saturated heterocycles. The second-order valence-electron chi connectivity index (χ2n) is 9.54. The first-order valence-corrected chi connectivity index (χ1v) is 14.4. The van der Waals surface area contributed by atoms with Gasteiger partial charge in [0.25, 0.3) is 0 Å². The van der Waals surface area contributed by atoms with Crippen LogP contribution in [0.3, 0.4) is 0 Å². The summed E-state index contributed by atoms with van der Waals surface area (Å²) in [5.41, 5.74) is 1.63. The van der Waals surface area contributed by atoms with Crippen molar-refractivity contribution >= 4 is 37.8 Å². The largest absolute Gasteiger partial charge is 0.496 e. The number of anilines is 2. The molecule has 3 fully saturated rings. The fourth-order valence-corrected chi connectivity index (χ4v) is 7.40. The van der Waals surface area contributed by atoms with Gasteiger partial charge >= 0.3 is 0 Å². The highest BCUT2D eigenvalue weighted by Gasteiger charge is 2.49. The number of halogens is 1. The molecule has 0 unspecified atom stereocenters. The van der Waals surface area contributed by atoms with Gasteiger partial charge in [-0.25, -0.2) is 18.6 Å². The van der Waals surface area contributed by atoms with Crippen molar-refractivity contribution in [2.45, 2.75) is 37.3 Å². The van der Waals surface area contributed by atoms with E-state index in [1.807, 2.05) is 0 Å². The van der Waals surface area contributed by atoms with Crippen LogP contribution >= 0.6 is 0 Å². The number of methoxy groups -OCH3 is 2. The number of hydrogen-bond acceptors (Lipinski definition) is 10. The zero-order valence-corrected chi connectivity index (χ0v) is 21.9. The molecule has 38 heavy (non-hydrogen) atoms. The maximum Gasteiger partial charge on any atom is 0.151 e. The maximum absolute atomic E-state index is 14.3. The Kier molecular flexibility index (Phi) is 6.81. The number of hydrogen-bond donors (Lipinski definition) is 1. The number of ether oxygens (including phenoxy) is 5. The van der Waals surface area contributed by atoms with Crippen LogP contribution < -0.4 is 14.8 Å². The number of nitrogens with zero attached hydrogens (tertiary/aromatic N) is 3. The third kappa shape index (κ3) is 4.77. The number of benzene rings is 2. The molecule has 0 amide bonds. The van der Waals surface area contributed by atoms with E-state index >= 15 is 0 Å². The zero-order chi connectivity index (χ0) is 26.3. The fourth-order valence-electron chi connectivity index (χ4n) is 5.21. The van der Waals surface area contributed by atoms with Crippen LogP contribution in [0.15, 0.2) is 41.0 Å². The Balaban J connectivity index is 1.32. The van der Waals surface area contributed by atoms with Crippen molar-refractivity contribution in [1.82, 2.24) is 9.97 Å². The summed E-state index contributed by atoms with van der Waals surface area (Å²) in [6, 6.07) is 7.75. The molecule has 2 aromatic carbocycles. The Morgan fingerprint density at radius 1 is 1.03 bits per heavy atom. The minimum absolute atomic E-state index is 0.165. The normalized spacial score (nSPS) is 25.9. The molecule has 0 bridgehead atoms. The molecule has 1 aromatic heterocycles. The third-order valence-electron chi connectivity index (χ3n) is 7.10. The molecule has 4 heterocycles. The number of rotatable bonds is 7. The molecule has 12 heteroatoms. The Bertz CT molecular complexity index is 1470. The van der Waals surface area contributed by atoms with Gasteiger partial charge in [0, 0.05) is 30.7 Å². The average molecular weight is 545 g/mol. The quantitative estimate of drug-likeness (QED) is 0.472. The van der Waals surface area contributed by atoms with Crippen LogP contribution in [0.25, 0.3) is 10.9 Å². The molecule has 202 valence electrons. The van der Waals surface area contributed by atoms with Crippen LogP contribution in [0.2, 0.25) is 0 Å². The van der Waals surface area contributed by atoms with Crippen molar-refractivity contribution in [1.29, 1.82) is 0 Å². The van der Waals surface area contributed by atoms with Crippen LogP contribution in [0.4, 0.5) is 21.6 Å². The van der Waals surface area contributed by atoms with E-state index in [0.717, 1.165) is 12.8 Å². The molecule has 0 aliphatic carbocycles. The van der Waals surface area contributed by atoms with E-state index in [-0.39, 0.29) is 18.3 Å². The topological polar surface area (TPSA) is 113 Å². The van der Waals surface area contributed by atoms with Crippen molar-refractivity contribution in [2.75, 3.05) is 44.3 Å². The lowest BCUT2D eigenvalue weighted by Gasteiger charge is -2.21. The SMILES string of the molecule is COc1cc(N=S2(=O)CCCC2)cc2ncnc(Nc3ccc(F)cc3O[C@@H]3CO[C@H]4[C@@H]3OC[C@H]4OC)c12. The van der Waals surface area contributed by atoms with Gasteiger partial charge in [0.1, 0.15) is 47.8 Å². The van der Waals surface area contributed by atoms with Gasteiger partial charge in [0.05, 0.1) is 52.3 Å². The summed E-state index contributed by atoms with van der Waals surface area (Å²) in [7, 11) is 0.902. The standard InChI is InChI=1S/C26H29FN4O6S/c1-33-20-11-16(31-38(32)7-3-4-8-38)10-18-23(20)26(29-14-28-18)30-17-6-5-15(27)9-19(17)37-22-13-36-24-21(34-2)12-35-25(22)24/h5-6,9-11,14,21-22,24-25H,3-4,7-8,12-13H2,1-2H3,(H,28,29,30)/t21-,22-,24-,25-/m1/s1. The summed E-state index contributed by atoms with van der Waals surface area (Å²) in [6.07, 6.45) is 2.11. The van der Waals surface area contributed by atoms with Gasteiger partial charge in [-0.2, -0.15) is 4.36 Å². The minimum Gasteiger partial charge on any atom is -0.496 e. The van der Waals surface area contributed by atoms with Gasteiger partial charge in [-0.15, -0.1) is 0 Å². The van der Waals surface area contributed by atoms with Crippen molar-refractivity contribution in [3.8, 4) is 11.5 Å². The van der Waals surface area contributed by atoms with Gasteiger partial charge in [0.2, 0.25) is 0 Å². The summed E-state index contributed by atoms with van der Waals surface area (Å²) in [4.78, 5) is 8.82. The molecule has 3 aliphatic rings.